The molecule has 0 aliphatic carbocycles. The normalized spacial score (nSPS) is 11.3. The third kappa shape index (κ3) is 7.23. The Bertz CT molecular complexity index is 558. The third-order valence-electron chi connectivity index (χ3n) is 3.41. The van der Waals surface area contributed by atoms with Crippen molar-refractivity contribution in [3.05, 3.63) is 45.5 Å². The van der Waals surface area contributed by atoms with Gasteiger partial charge in [0.25, 0.3) is 0 Å². The quantitative estimate of drug-likeness (QED) is 0.406. The van der Waals surface area contributed by atoms with E-state index in [4.69, 9.17) is 14.2 Å². The van der Waals surface area contributed by atoms with Crippen LogP contribution in [-0.4, -0.2) is 21.0 Å². The average molecular weight is 383 g/mol. The number of hydrogen-bond acceptors (Lipinski definition) is 3. The summed E-state index contributed by atoms with van der Waals surface area (Å²) >= 11 is 3.54. The molecule has 0 saturated carbocycles. The average Bonchev–Trinajstić information content (AvgIpc) is 2.51. The highest BCUT2D eigenvalue weighted by atomic mass is 79.9. The highest BCUT2D eigenvalue weighted by molar-refractivity contribution is 9.10. The van der Waals surface area contributed by atoms with Crippen LogP contribution in [0.25, 0.3) is 0 Å². The van der Waals surface area contributed by atoms with Crippen LogP contribution in [-0.2, 0) is 11.2 Å². The van der Waals surface area contributed by atoms with Crippen molar-refractivity contribution in [3.63, 3.8) is 0 Å². The molecule has 0 N–H and O–H groups in total. The van der Waals surface area contributed by atoms with Crippen LogP contribution in [0.2, 0.25) is 0 Å². The van der Waals surface area contributed by atoms with Crippen LogP contribution < -0.4 is 9.47 Å². The summed E-state index contributed by atoms with van der Waals surface area (Å²) in [5, 5.41) is 0. The van der Waals surface area contributed by atoms with Gasteiger partial charge in [-0.15, -0.1) is 0 Å². The summed E-state index contributed by atoms with van der Waals surface area (Å²) in [5.41, 5.74) is 3.82. The van der Waals surface area contributed by atoms with E-state index >= 15 is 0 Å². The van der Waals surface area contributed by atoms with E-state index in [1.54, 1.807) is 14.2 Å². The van der Waals surface area contributed by atoms with E-state index < -0.39 is 0 Å². The smallest absolute Gasteiger partial charge is 0.188 e. The molecular weight excluding hydrogens is 356 g/mol. The summed E-state index contributed by atoms with van der Waals surface area (Å²) in [4.78, 5) is 0. The van der Waals surface area contributed by atoms with Crippen molar-refractivity contribution in [1.29, 1.82) is 0 Å². The minimum Gasteiger partial charge on any atom is -0.497 e. The SMILES string of the molecule is COCOc1c(Br)cc(OC)cc1C/C=C(\C)CCC=C(C)C. The molecule has 0 bridgehead atoms. The lowest BCUT2D eigenvalue weighted by atomic mass is 10.1. The van der Waals surface area contributed by atoms with Gasteiger partial charge in [0.15, 0.2) is 6.79 Å². The Morgan fingerprint density at radius 1 is 1.13 bits per heavy atom. The lowest BCUT2D eigenvalue weighted by Crippen LogP contribution is -2.03. The number of methoxy groups -OCH3 is 2. The predicted octanol–water partition coefficient (Wildman–Crippen LogP) is 5.68. The molecule has 3 nitrogen and oxygen atoms in total. The first kappa shape index (κ1) is 19.8. The standard InChI is InChI=1S/C19H27BrO3/c1-14(2)7-6-8-15(3)9-10-16-11-17(22-5)12-18(20)19(16)23-13-21-4/h7,9,11-12H,6,8,10,13H2,1-5H3/b15-9+. The van der Waals surface area contributed by atoms with Crippen LogP contribution in [0.4, 0.5) is 0 Å². The summed E-state index contributed by atoms with van der Waals surface area (Å²) in [6.07, 6.45) is 7.48. The fourth-order valence-electron chi connectivity index (χ4n) is 2.15. The molecule has 1 rings (SSSR count). The highest BCUT2D eigenvalue weighted by Crippen LogP contribution is 2.34. The largest absolute Gasteiger partial charge is 0.497 e. The molecule has 0 aromatic heterocycles. The van der Waals surface area contributed by atoms with Crippen molar-refractivity contribution in [1.82, 2.24) is 0 Å². The van der Waals surface area contributed by atoms with Crippen molar-refractivity contribution in [2.75, 3.05) is 21.0 Å². The highest BCUT2D eigenvalue weighted by Gasteiger charge is 2.11. The second-order valence-corrected chi connectivity index (χ2v) is 6.58. The topological polar surface area (TPSA) is 27.7 Å². The molecule has 0 saturated heterocycles. The summed E-state index contributed by atoms with van der Waals surface area (Å²) in [7, 11) is 3.28. The molecule has 1 aromatic rings. The molecule has 128 valence electrons. The molecule has 4 heteroatoms. The third-order valence-corrected chi connectivity index (χ3v) is 4.00. The zero-order valence-electron chi connectivity index (χ0n) is 14.7. The minimum absolute atomic E-state index is 0.223. The molecule has 0 unspecified atom stereocenters. The molecule has 0 fully saturated rings. The summed E-state index contributed by atoms with van der Waals surface area (Å²) in [6, 6.07) is 3.91. The van der Waals surface area contributed by atoms with Gasteiger partial charge in [-0.2, -0.15) is 0 Å². The van der Waals surface area contributed by atoms with E-state index in [-0.39, 0.29) is 6.79 Å². The van der Waals surface area contributed by atoms with E-state index in [1.807, 2.05) is 12.1 Å². The Hall–Kier alpha value is -1.26. The summed E-state index contributed by atoms with van der Waals surface area (Å²) in [6.45, 7) is 6.66. The molecule has 0 aliphatic heterocycles. The van der Waals surface area contributed by atoms with E-state index in [0.29, 0.717) is 0 Å². The van der Waals surface area contributed by atoms with Crippen LogP contribution in [0.1, 0.15) is 39.2 Å². The molecule has 1 aromatic carbocycles. The fraction of sp³-hybridized carbons (Fsp3) is 0.474. The van der Waals surface area contributed by atoms with Gasteiger partial charge in [-0.1, -0.05) is 23.3 Å². The van der Waals surface area contributed by atoms with Gasteiger partial charge in [0, 0.05) is 12.7 Å². The van der Waals surface area contributed by atoms with Gasteiger partial charge in [0.05, 0.1) is 11.6 Å². The first-order valence-electron chi connectivity index (χ1n) is 7.75. The Kier molecular flexibility index (Phi) is 9.03. The van der Waals surface area contributed by atoms with Gasteiger partial charge in [0.1, 0.15) is 11.5 Å². The number of hydrogen-bond donors (Lipinski definition) is 0. The second-order valence-electron chi connectivity index (χ2n) is 5.72. The molecule has 23 heavy (non-hydrogen) atoms. The molecule has 0 radical (unpaired) electrons. The number of allylic oxidation sites excluding steroid dienone is 4. The van der Waals surface area contributed by atoms with Gasteiger partial charge in [0.2, 0.25) is 0 Å². The summed E-state index contributed by atoms with van der Waals surface area (Å²) in [5.74, 6) is 1.62. The van der Waals surface area contributed by atoms with Crippen molar-refractivity contribution >= 4 is 15.9 Å². The first-order valence-corrected chi connectivity index (χ1v) is 8.54. The lowest BCUT2D eigenvalue weighted by molar-refractivity contribution is 0.0499. The molecule has 0 amide bonds. The second kappa shape index (κ2) is 10.5. The lowest BCUT2D eigenvalue weighted by Gasteiger charge is -2.14. The maximum absolute atomic E-state index is 5.70. The predicted molar refractivity (Wildman–Crippen MR) is 99.3 cm³/mol. The number of rotatable bonds is 9. The molecule has 0 atom stereocenters. The zero-order chi connectivity index (χ0) is 17.2. The van der Waals surface area contributed by atoms with E-state index in [9.17, 15) is 0 Å². The molecule has 0 spiro atoms. The van der Waals surface area contributed by atoms with Gasteiger partial charge in [-0.05, 0) is 68.1 Å². The number of benzene rings is 1. The van der Waals surface area contributed by atoms with Gasteiger partial charge < -0.3 is 14.2 Å². The van der Waals surface area contributed by atoms with Crippen molar-refractivity contribution in [2.24, 2.45) is 0 Å². The van der Waals surface area contributed by atoms with Crippen LogP contribution >= 0.6 is 15.9 Å². The van der Waals surface area contributed by atoms with Gasteiger partial charge >= 0.3 is 0 Å². The fourth-order valence-corrected chi connectivity index (χ4v) is 2.74. The summed E-state index contributed by atoms with van der Waals surface area (Å²) < 4.78 is 16.9. The Balaban J connectivity index is 2.87. The van der Waals surface area contributed by atoms with E-state index in [0.717, 1.165) is 40.8 Å². The number of ether oxygens (including phenoxy) is 3. The van der Waals surface area contributed by atoms with Gasteiger partial charge in [-0.3, -0.25) is 0 Å². The zero-order valence-corrected chi connectivity index (χ0v) is 16.3. The van der Waals surface area contributed by atoms with Crippen LogP contribution in [0.3, 0.4) is 0 Å². The Labute approximate surface area is 148 Å². The minimum atomic E-state index is 0.223. The van der Waals surface area contributed by atoms with Crippen molar-refractivity contribution in [2.45, 2.75) is 40.0 Å². The van der Waals surface area contributed by atoms with Crippen LogP contribution in [0.5, 0.6) is 11.5 Å². The van der Waals surface area contributed by atoms with E-state index in [2.05, 4.69) is 48.9 Å². The van der Waals surface area contributed by atoms with Gasteiger partial charge in [-0.25, -0.2) is 0 Å². The molecular formula is C19H27BrO3. The molecule has 0 aliphatic rings. The van der Waals surface area contributed by atoms with E-state index in [1.165, 1.54) is 11.1 Å². The monoisotopic (exact) mass is 382 g/mol. The first-order chi connectivity index (χ1) is 11.0. The maximum Gasteiger partial charge on any atom is 0.188 e. The van der Waals surface area contributed by atoms with Crippen LogP contribution in [0, 0.1) is 0 Å². The Morgan fingerprint density at radius 2 is 1.87 bits per heavy atom. The van der Waals surface area contributed by atoms with Crippen molar-refractivity contribution < 1.29 is 14.2 Å². The number of halogens is 1. The maximum atomic E-state index is 5.70. The van der Waals surface area contributed by atoms with Crippen molar-refractivity contribution in [3.8, 4) is 11.5 Å². The Morgan fingerprint density at radius 3 is 2.48 bits per heavy atom. The molecule has 0 heterocycles. The van der Waals surface area contributed by atoms with Crippen LogP contribution in [0.15, 0.2) is 39.9 Å².